The molecule has 22 heteroatoms. The Morgan fingerprint density at radius 2 is 1.12 bits per heavy atom. The first kappa shape index (κ1) is 58.1. The Labute approximate surface area is 437 Å². The Morgan fingerprint density at radius 3 is 1.75 bits per heavy atom. The van der Waals surface area contributed by atoms with Gasteiger partial charge in [-0.3, -0.25) is 4.79 Å². The summed E-state index contributed by atoms with van der Waals surface area (Å²) in [7, 11) is 0. The van der Waals surface area contributed by atoms with Gasteiger partial charge in [0.05, 0.1) is 49.7 Å². The van der Waals surface area contributed by atoms with E-state index in [9.17, 15) is 66.4 Å². The lowest BCUT2D eigenvalue weighted by atomic mass is 9.33. The molecule has 5 aliphatic carbocycles. The first-order valence-electron chi connectivity index (χ1n) is 27.2. The van der Waals surface area contributed by atoms with E-state index >= 15 is 4.79 Å². The third-order valence-electron chi connectivity index (χ3n) is 21.1. The third-order valence-corrected chi connectivity index (χ3v) is 21.1. The van der Waals surface area contributed by atoms with Crippen molar-refractivity contribution in [2.24, 2.45) is 50.2 Å². The minimum atomic E-state index is -1.83. The van der Waals surface area contributed by atoms with Gasteiger partial charge >= 0.3 is 5.97 Å². The molecule has 13 N–H and O–H groups in total. The van der Waals surface area contributed by atoms with Crippen molar-refractivity contribution in [2.75, 3.05) is 19.8 Å². The number of esters is 1. The van der Waals surface area contributed by atoms with Gasteiger partial charge in [-0.05, 0) is 111 Å². The summed E-state index contributed by atoms with van der Waals surface area (Å²) in [6, 6.07) is 0. The molecule has 75 heavy (non-hydrogen) atoms. The number of ether oxygens (including phenoxy) is 8. The van der Waals surface area contributed by atoms with E-state index in [0.717, 1.165) is 12.0 Å². The van der Waals surface area contributed by atoms with Gasteiger partial charge in [0.25, 0.3) is 0 Å². The standard InChI is InChI=1S/C53H86O22/c1-22-31(58)35(62)38(65)43(68-22)73-41-40(72-44-37(64)34(61)28(20-55)70-44)32(59)23(2)69-46(41)75-47(67)53-15-13-48(3,4)17-25(53)24-9-10-30-49(5)18-26(57)42(74-45-39(66)36(63)33(60)27(19-54)71-45)50(6,21-56)29(49)11-12-52(30,8)51(24,7)14-16-53/h9,22-23,25-46,54-66H,10-21H2,1-8H3. The molecule has 0 spiro atoms. The second-order valence-corrected chi connectivity index (χ2v) is 25.8. The number of hydrogen-bond donors (Lipinski definition) is 13. The molecule has 4 heterocycles. The summed E-state index contributed by atoms with van der Waals surface area (Å²) >= 11 is 0. The number of rotatable bonds is 11. The van der Waals surface area contributed by atoms with E-state index in [-0.39, 0.29) is 41.6 Å². The highest BCUT2D eigenvalue weighted by Gasteiger charge is 2.72. The van der Waals surface area contributed by atoms with E-state index in [1.807, 2.05) is 6.92 Å². The van der Waals surface area contributed by atoms with Crippen molar-refractivity contribution in [3.63, 3.8) is 0 Å². The number of fused-ring (bicyclic) bond motifs is 7. The number of carbonyl (C=O) groups excluding carboxylic acids is 1. The van der Waals surface area contributed by atoms with E-state index in [4.69, 9.17) is 37.9 Å². The van der Waals surface area contributed by atoms with Crippen LogP contribution in [0.2, 0.25) is 0 Å². The zero-order chi connectivity index (χ0) is 54.9. The molecular weight excluding hydrogens is 989 g/mol. The SMILES string of the molecule is CC1OC(OC2C(OC(=O)C34CCC(C)(C)CC3C3=CCC5C6(C)CC(O)C(OC7OC(CO)C(O)C(O)C7O)C(C)(CO)C6CCC5(C)C3(C)CC4)OC(C)C(O)C2OC2OC(CO)C(O)C2O)C(O)C(O)C1O. The summed E-state index contributed by atoms with van der Waals surface area (Å²) < 4.78 is 48.8. The van der Waals surface area contributed by atoms with Crippen LogP contribution in [-0.2, 0) is 42.7 Å². The monoisotopic (exact) mass is 1070 g/mol. The molecule has 4 aliphatic heterocycles. The molecule has 0 bridgehead atoms. The first-order chi connectivity index (χ1) is 35.1. The maximum absolute atomic E-state index is 15.6. The number of aliphatic hydroxyl groups excluding tert-OH is 13. The van der Waals surface area contributed by atoms with Crippen molar-refractivity contribution < 1.29 is 109 Å². The number of carbonyl (C=O) groups is 1. The zero-order valence-electron chi connectivity index (χ0n) is 44.4. The fourth-order valence-electron chi connectivity index (χ4n) is 16.3. The number of allylic oxidation sites excluding steroid dienone is 2. The third kappa shape index (κ3) is 9.21. The number of aliphatic hydroxyl groups is 13. The Hall–Kier alpha value is -1.59. The van der Waals surface area contributed by atoms with Crippen LogP contribution in [0, 0.1) is 50.2 Å². The minimum Gasteiger partial charge on any atom is -0.432 e. The van der Waals surface area contributed by atoms with Crippen molar-refractivity contribution in [2.45, 2.75) is 242 Å². The largest absolute Gasteiger partial charge is 0.432 e. The predicted octanol–water partition coefficient (Wildman–Crippen LogP) is -1.40. The van der Waals surface area contributed by atoms with Gasteiger partial charge in [-0.1, -0.05) is 53.2 Å². The van der Waals surface area contributed by atoms with Crippen LogP contribution in [0.1, 0.15) is 113 Å². The van der Waals surface area contributed by atoms with E-state index in [1.54, 1.807) is 0 Å². The second-order valence-electron chi connectivity index (χ2n) is 25.8. The second kappa shape index (κ2) is 20.7. The minimum absolute atomic E-state index is 0.0171. The Morgan fingerprint density at radius 1 is 0.587 bits per heavy atom. The van der Waals surface area contributed by atoms with Crippen molar-refractivity contribution in [1.82, 2.24) is 0 Å². The molecule has 9 rings (SSSR count). The van der Waals surface area contributed by atoms with Gasteiger partial charge in [0.15, 0.2) is 25.0 Å². The van der Waals surface area contributed by atoms with Crippen LogP contribution in [0.25, 0.3) is 0 Å². The normalized spacial score (nSPS) is 55.7. The van der Waals surface area contributed by atoms with Crippen molar-refractivity contribution in [3.8, 4) is 0 Å². The summed E-state index contributed by atoms with van der Waals surface area (Å²) in [6.07, 6.45) is -24.0. The first-order valence-corrected chi connectivity index (χ1v) is 27.2. The van der Waals surface area contributed by atoms with Crippen molar-refractivity contribution in [1.29, 1.82) is 0 Å². The fraction of sp³-hybridized carbons (Fsp3) is 0.943. The molecule has 0 amide bonds. The highest BCUT2D eigenvalue weighted by atomic mass is 16.8. The summed E-state index contributed by atoms with van der Waals surface area (Å²) in [5.41, 5.74) is -2.60. The fourth-order valence-corrected chi connectivity index (χ4v) is 16.3. The summed E-state index contributed by atoms with van der Waals surface area (Å²) in [4.78, 5) is 15.6. The molecule has 0 aromatic heterocycles. The summed E-state index contributed by atoms with van der Waals surface area (Å²) in [6.45, 7) is 14.3. The van der Waals surface area contributed by atoms with Crippen LogP contribution in [0.15, 0.2) is 11.6 Å². The van der Waals surface area contributed by atoms with Crippen LogP contribution >= 0.6 is 0 Å². The van der Waals surface area contributed by atoms with Crippen LogP contribution < -0.4 is 0 Å². The highest BCUT2D eigenvalue weighted by molar-refractivity contribution is 5.79. The summed E-state index contributed by atoms with van der Waals surface area (Å²) in [5.74, 6) is -1.12. The molecule has 9 aliphatic rings. The van der Waals surface area contributed by atoms with E-state index in [2.05, 4.69) is 40.7 Å². The van der Waals surface area contributed by atoms with Gasteiger partial charge in [0.1, 0.15) is 73.2 Å². The Kier molecular flexibility index (Phi) is 16.1. The molecule has 4 saturated carbocycles. The summed E-state index contributed by atoms with van der Waals surface area (Å²) in [5, 5.41) is 141. The molecule has 29 atom stereocenters. The molecule has 0 radical (unpaired) electrons. The highest BCUT2D eigenvalue weighted by Crippen LogP contribution is 2.76. The maximum atomic E-state index is 15.6. The van der Waals surface area contributed by atoms with Crippen LogP contribution in [0.5, 0.6) is 0 Å². The average molecular weight is 1080 g/mol. The van der Waals surface area contributed by atoms with Crippen LogP contribution in [-0.4, -0.2) is 221 Å². The Balaban J connectivity index is 1.02. The van der Waals surface area contributed by atoms with Gasteiger partial charge < -0.3 is 104 Å². The Bertz CT molecular complexity index is 2080. The van der Waals surface area contributed by atoms with Gasteiger partial charge in [0.2, 0.25) is 6.29 Å². The number of hydrogen-bond acceptors (Lipinski definition) is 22. The van der Waals surface area contributed by atoms with Gasteiger partial charge in [-0.15, -0.1) is 0 Å². The van der Waals surface area contributed by atoms with E-state index in [1.165, 1.54) is 13.8 Å². The molecule has 29 unspecified atom stereocenters. The molecule has 430 valence electrons. The zero-order valence-corrected chi connectivity index (χ0v) is 44.4. The van der Waals surface area contributed by atoms with Gasteiger partial charge in [-0.2, -0.15) is 0 Å². The van der Waals surface area contributed by atoms with Gasteiger partial charge in [0, 0.05) is 5.41 Å². The van der Waals surface area contributed by atoms with Crippen molar-refractivity contribution >= 4 is 5.97 Å². The predicted molar refractivity (Wildman–Crippen MR) is 257 cm³/mol. The lowest BCUT2D eigenvalue weighted by Crippen LogP contribution is -2.69. The lowest BCUT2D eigenvalue weighted by molar-refractivity contribution is -0.372. The van der Waals surface area contributed by atoms with Crippen LogP contribution in [0.3, 0.4) is 0 Å². The molecule has 22 nitrogen and oxygen atoms in total. The molecule has 8 fully saturated rings. The van der Waals surface area contributed by atoms with Crippen molar-refractivity contribution in [3.05, 3.63) is 11.6 Å². The maximum Gasteiger partial charge on any atom is 0.315 e. The molecule has 0 aromatic rings. The molecule has 4 saturated heterocycles. The quantitative estimate of drug-likeness (QED) is 0.0643. The smallest absolute Gasteiger partial charge is 0.315 e. The van der Waals surface area contributed by atoms with Crippen LogP contribution in [0.4, 0.5) is 0 Å². The van der Waals surface area contributed by atoms with Gasteiger partial charge in [-0.25, -0.2) is 0 Å². The topological polar surface area (TPSA) is 354 Å². The van der Waals surface area contributed by atoms with E-state index in [0.29, 0.717) is 44.9 Å². The van der Waals surface area contributed by atoms with E-state index < -0.39 is 170 Å². The molecule has 0 aromatic carbocycles. The molecular formula is C53H86O22. The lowest BCUT2D eigenvalue weighted by Gasteiger charge is -2.72. The average Bonchev–Trinajstić information content (AvgIpc) is 3.64.